The number of benzene rings is 2. The summed E-state index contributed by atoms with van der Waals surface area (Å²) in [6, 6.07) is 13.6. The summed E-state index contributed by atoms with van der Waals surface area (Å²) in [5.41, 5.74) is 1.93. The summed E-state index contributed by atoms with van der Waals surface area (Å²) in [5, 5.41) is 1.38. The summed E-state index contributed by atoms with van der Waals surface area (Å²) >= 11 is -2.86. The molecule has 0 saturated carbocycles. The van der Waals surface area contributed by atoms with E-state index >= 15 is 0 Å². The van der Waals surface area contributed by atoms with Crippen LogP contribution in [0.3, 0.4) is 0 Å². The molecule has 3 atom stereocenters. The summed E-state index contributed by atoms with van der Waals surface area (Å²) in [6.07, 6.45) is 1.60. The molecule has 3 unspecified atom stereocenters. The number of alkyl halides is 3. The van der Waals surface area contributed by atoms with E-state index in [-0.39, 0.29) is 17.5 Å². The molecule has 2 aromatic carbocycles. The van der Waals surface area contributed by atoms with Crippen molar-refractivity contribution >= 4 is 22.7 Å². The lowest BCUT2D eigenvalue weighted by Gasteiger charge is -2.38. The number of hydrogen-bond acceptors (Lipinski definition) is 6. The van der Waals surface area contributed by atoms with Crippen molar-refractivity contribution < 1.29 is 26.7 Å². The van der Waals surface area contributed by atoms with Crippen molar-refractivity contribution in [3.63, 3.8) is 0 Å². The predicted molar refractivity (Wildman–Crippen MR) is 145 cm³/mol. The van der Waals surface area contributed by atoms with E-state index in [0.717, 1.165) is 48.8 Å². The van der Waals surface area contributed by atoms with E-state index in [9.17, 15) is 26.7 Å². The van der Waals surface area contributed by atoms with Crippen molar-refractivity contribution in [2.24, 2.45) is 0 Å². The summed E-state index contributed by atoms with van der Waals surface area (Å²) in [6.45, 7) is 1.63. The van der Waals surface area contributed by atoms with Gasteiger partial charge in [0.05, 0.1) is 10.9 Å². The third-order valence-electron chi connectivity index (χ3n) is 7.92. The molecule has 1 N–H and O–H groups in total. The zero-order valence-electron chi connectivity index (χ0n) is 21.9. The van der Waals surface area contributed by atoms with Gasteiger partial charge in [-0.25, -0.2) is 0 Å². The predicted octanol–water partition coefficient (Wildman–Crippen LogP) is 5.00. The van der Waals surface area contributed by atoms with Crippen LogP contribution in [0.5, 0.6) is 0 Å². The molecule has 7 nitrogen and oxygen atoms in total. The molecule has 1 aromatic heterocycles. The smallest absolute Gasteiger partial charge is 0.416 e. The average Bonchev–Trinajstić information content (AvgIpc) is 3.37. The van der Waals surface area contributed by atoms with Gasteiger partial charge in [0.2, 0.25) is 0 Å². The number of piperidine rings is 1. The van der Waals surface area contributed by atoms with Gasteiger partial charge in [-0.1, -0.05) is 24.3 Å². The maximum atomic E-state index is 13.6. The molecule has 0 spiro atoms. The van der Waals surface area contributed by atoms with E-state index in [1.807, 2.05) is 18.2 Å². The Kier molecular flexibility index (Phi) is 8.25. The molecule has 3 aromatic rings. The van der Waals surface area contributed by atoms with Crippen molar-refractivity contribution in [3.8, 4) is 0 Å². The highest BCUT2D eigenvalue weighted by atomic mass is 32.2. The molecule has 0 bridgehead atoms. The molecule has 1 fully saturated rings. The zero-order chi connectivity index (χ0) is 28.4. The minimum absolute atomic E-state index is 0.0684. The third kappa shape index (κ3) is 5.91. The maximum absolute atomic E-state index is 13.6. The number of pyridine rings is 1. The van der Waals surface area contributed by atoms with Crippen LogP contribution in [0, 0.1) is 0 Å². The molecule has 11 heteroatoms. The molecule has 1 aliphatic carbocycles. The number of amides is 1. The van der Waals surface area contributed by atoms with Crippen LogP contribution < -0.4 is 10.2 Å². The van der Waals surface area contributed by atoms with E-state index < -0.39 is 34.2 Å². The SMILES string of the molecule is CN(C(=O)c1ccc2c(c1)C(NC(c1ccccc1C(F)(F)F)S(=O)[O-])CC2)C1CCN(c2ccncc2)CC1. The Morgan fingerprint density at radius 3 is 2.48 bits per heavy atom. The molecule has 5 rings (SSSR count). The Morgan fingerprint density at radius 1 is 1.10 bits per heavy atom. The molecular formula is C29H30F3N4O3S-. The standard InChI is InChI=1S/C29H31F3N4O3S/c1-35(21-12-16-36(17-13-21)22-10-14-33-15-11-22)28(37)20-7-6-19-8-9-26(24(19)18-20)34-27(40(38)39)23-4-2-3-5-25(23)29(30,31)32/h2-7,10-11,14-15,18,21,26-27,34H,8-9,12-13,16-17H2,1H3,(H,38,39)/p-1. The van der Waals surface area contributed by atoms with E-state index in [1.165, 1.54) is 18.2 Å². The fraction of sp³-hybridized carbons (Fsp3) is 0.379. The zero-order valence-corrected chi connectivity index (χ0v) is 22.8. The molecule has 0 radical (unpaired) electrons. The summed E-state index contributed by atoms with van der Waals surface area (Å²) < 4.78 is 65.2. The Hall–Kier alpha value is -3.28. The van der Waals surface area contributed by atoms with Crippen molar-refractivity contribution in [1.29, 1.82) is 0 Å². The average molecular weight is 572 g/mol. The molecular weight excluding hydrogens is 541 g/mol. The van der Waals surface area contributed by atoms with Gasteiger partial charge in [0.1, 0.15) is 0 Å². The fourth-order valence-corrected chi connectivity index (χ4v) is 6.45. The highest BCUT2D eigenvalue weighted by molar-refractivity contribution is 7.79. The minimum Gasteiger partial charge on any atom is -0.771 e. The number of nitrogens with zero attached hydrogens (tertiary/aromatic N) is 3. The first-order chi connectivity index (χ1) is 19.1. The van der Waals surface area contributed by atoms with Gasteiger partial charge in [-0.05, 0) is 83.8 Å². The van der Waals surface area contributed by atoms with Crippen LogP contribution in [0.1, 0.15) is 63.3 Å². The normalized spacial score (nSPS) is 19.2. The number of aryl methyl sites for hydroxylation is 1. The van der Waals surface area contributed by atoms with Crippen LogP contribution in [0.2, 0.25) is 0 Å². The van der Waals surface area contributed by atoms with Gasteiger partial charge in [0.15, 0.2) is 0 Å². The summed E-state index contributed by atoms with van der Waals surface area (Å²) in [7, 11) is 1.79. The van der Waals surface area contributed by atoms with Crippen molar-refractivity contribution in [2.45, 2.75) is 49.3 Å². The van der Waals surface area contributed by atoms with Crippen LogP contribution >= 0.6 is 0 Å². The number of carbonyl (C=O) groups excluding carboxylic acids is 1. The van der Waals surface area contributed by atoms with E-state index in [2.05, 4.69) is 15.2 Å². The van der Waals surface area contributed by atoms with Crippen LogP contribution in [0.15, 0.2) is 67.0 Å². The minimum atomic E-state index is -4.69. The van der Waals surface area contributed by atoms with Gasteiger partial charge >= 0.3 is 6.18 Å². The number of carbonyl (C=O) groups is 1. The van der Waals surface area contributed by atoms with E-state index in [4.69, 9.17) is 0 Å². The number of fused-ring (bicyclic) bond motifs is 1. The summed E-state index contributed by atoms with van der Waals surface area (Å²) in [4.78, 5) is 21.6. The Labute approximate surface area is 233 Å². The number of nitrogens with one attached hydrogen (secondary N) is 1. The Morgan fingerprint density at radius 2 is 1.80 bits per heavy atom. The maximum Gasteiger partial charge on any atom is 0.416 e. The van der Waals surface area contributed by atoms with Gasteiger partial charge in [0.25, 0.3) is 5.91 Å². The molecule has 2 aliphatic rings. The van der Waals surface area contributed by atoms with E-state index in [0.29, 0.717) is 18.4 Å². The van der Waals surface area contributed by atoms with E-state index in [1.54, 1.807) is 36.5 Å². The number of hydrogen-bond donors (Lipinski definition) is 1. The lowest BCUT2D eigenvalue weighted by atomic mass is 10.00. The number of rotatable bonds is 7. The van der Waals surface area contributed by atoms with Gasteiger partial charge in [-0.15, -0.1) is 0 Å². The first kappa shape index (κ1) is 28.3. The van der Waals surface area contributed by atoms with Crippen LogP contribution in [-0.2, 0) is 23.7 Å². The quantitative estimate of drug-likeness (QED) is 0.402. The monoisotopic (exact) mass is 571 g/mol. The second kappa shape index (κ2) is 11.7. The van der Waals surface area contributed by atoms with Gasteiger partial charge < -0.3 is 14.4 Å². The third-order valence-corrected chi connectivity index (χ3v) is 8.70. The van der Waals surface area contributed by atoms with Crippen LogP contribution in [0.25, 0.3) is 0 Å². The van der Waals surface area contributed by atoms with Crippen LogP contribution in [0.4, 0.5) is 18.9 Å². The van der Waals surface area contributed by atoms with Crippen LogP contribution in [-0.4, -0.2) is 50.7 Å². The fourth-order valence-electron chi connectivity index (χ4n) is 5.76. The van der Waals surface area contributed by atoms with Gasteiger partial charge in [-0.3, -0.25) is 19.3 Å². The largest absolute Gasteiger partial charge is 0.771 e. The second-order valence-electron chi connectivity index (χ2n) is 10.2. The summed E-state index contributed by atoms with van der Waals surface area (Å²) in [5.74, 6) is -0.137. The molecule has 1 aliphatic heterocycles. The first-order valence-electron chi connectivity index (χ1n) is 13.2. The number of anilines is 1. The Bertz CT molecular complexity index is 1380. The number of aromatic nitrogens is 1. The highest BCUT2D eigenvalue weighted by Gasteiger charge is 2.37. The molecule has 1 amide bonds. The topological polar surface area (TPSA) is 88.6 Å². The lowest BCUT2D eigenvalue weighted by Crippen LogP contribution is -2.45. The number of halogens is 3. The highest BCUT2D eigenvalue weighted by Crippen LogP contribution is 2.39. The molecule has 2 heterocycles. The molecule has 40 heavy (non-hydrogen) atoms. The first-order valence-corrected chi connectivity index (χ1v) is 14.3. The second-order valence-corrected chi connectivity index (χ2v) is 11.2. The van der Waals surface area contributed by atoms with Gasteiger partial charge in [0, 0.05) is 55.9 Å². The van der Waals surface area contributed by atoms with Crippen molar-refractivity contribution in [3.05, 3.63) is 94.8 Å². The molecule has 1 saturated heterocycles. The van der Waals surface area contributed by atoms with Crippen molar-refractivity contribution in [1.82, 2.24) is 15.2 Å². The molecule has 212 valence electrons. The lowest BCUT2D eigenvalue weighted by molar-refractivity contribution is -0.138. The Balaban J connectivity index is 1.31. The van der Waals surface area contributed by atoms with Gasteiger partial charge in [-0.2, -0.15) is 13.2 Å². The van der Waals surface area contributed by atoms with Crippen molar-refractivity contribution in [2.75, 3.05) is 25.0 Å².